The van der Waals surface area contributed by atoms with Gasteiger partial charge in [-0.25, -0.2) is 0 Å². The molecule has 0 radical (unpaired) electrons. The Balaban J connectivity index is 2.08. The third-order valence-electron chi connectivity index (χ3n) is 3.82. The van der Waals surface area contributed by atoms with Crippen molar-refractivity contribution in [2.75, 3.05) is 14.2 Å². The largest absolute Gasteiger partial charge is 0.496 e. The minimum absolute atomic E-state index is 0.514. The maximum atomic E-state index is 6.09. The van der Waals surface area contributed by atoms with Gasteiger partial charge in [0.2, 0.25) is 0 Å². The molecule has 0 aliphatic rings. The van der Waals surface area contributed by atoms with Crippen molar-refractivity contribution in [3.05, 3.63) is 65.7 Å². The Labute approximate surface area is 136 Å². The first-order chi connectivity index (χ1) is 11.2. The van der Waals surface area contributed by atoms with Crippen LogP contribution in [0.15, 0.2) is 54.6 Å². The number of rotatable bonds is 5. The summed E-state index contributed by atoms with van der Waals surface area (Å²) >= 11 is 0. The molecule has 3 rings (SSSR count). The molecule has 0 fully saturated rings. The second-order valence-electron chi connectivity index (χ2n) is 5.43. The van der Waals surface area contributed by atoms with Crippen LogP contribution < -0.4 is 14.2 Å². The summed E-state index contributed by atoms with van der Waals surface area (Å²) in [5, 5.41) is 1.93. The average Bonchev–Trinajstić information content (AvgIpc) is 2.59. The molecule has 0 unspecified atom stereocenters. The van der Waals surface area contributed by atoms with Crippen LogP contribution in [0.1, 0.15) is 11.1 Å². The molecule has 3 heteroatoms. The maximum Gasteiger partial charge on any atom is 0.131 e. The Kier molecular flexibility index (Phi) is 4.38. The number of hydrogen-bond donors (Lipinski definition) is 0. The summed E-state index contributed by atoms with van der Waals surface area (Å²) in [5.41, 5.74) is 2.25. The molecule has 3 nitrogen and oxygen atoms in total. The van der Waals surface area contributed by atoms with Crippen LogP contribution in [0.5, 0.6) is 17.2 Å². The highest BCUT2D eigenvalue weighted by atomic mass is 16.5. The topological polar surface area (TPSA) is 27.7 Å². The quantitative estimate of drug-likeness (QED) is 0.681. The molecule has 0 atom stereocenters. The lowest BCUT2D eigenvalue weighted by atomic mass is 10.0. The summed E-state index contributed by atoms with van der Waals surface area (Å²) in [5.74, 6) is 2.40. The van der Waals surface area contributed by atoms with Crippen LogP contribution in [0.3, 0.4) is 0 Å². The Morgan fingerprint density at radius 2 is 1.48 bits per heavy atom. The minimum Gasteiger partial charge on any atom is -0.496 e. The standard InChI is InChI=1S/C20H20O3/c1-14-11-16-17(21-2)9-10-18(22-3)20(16)19(12-14)23-13-15-7-5-4-6-8-15/h4-12H,13H2,1-3H3. The molecule has 0 spiro atoms. The smallest absolute Gasteiger partial charge is 0.131 e. The van der Waals surface area contributed by atoms with E-state index < -0.39 is 0 Å². The van der Waals surface area contributed by atoms with Gasteiger partial charge in [-0.1, -0.05) is 30.3 Å². The fraction of sp³-hybridized carbons (Fsp3) is 0.200. The average molecular weight is 308 g/mol. The Bertz CT molecular complexity index is 810. The molecule has 23 heavy (non-hydrogen) atoms. The van der Waals surface area contributed by atoms with E-state index in [1.54, 1.807) is 14.2 Å². The van der Waals surface area contributed by atoms with Crippen LogP contribution >= 0.6 is 0 Å². The minimum atomic E-state index is 0.514. The number of fused-ring (bicyclic) bond motifs is 1. The van der Waals surface area contributed by atoms with Crippen molar-refractivity contribution in [3.8, 4) is 17.2 Å². The van der Waals surface area contributed by atoms with Crippen molar-refractivity contribution in [3.63, 3.8) is 0 Å². The Hall–Kier alpha value is -2.68. The van der Waals surface area contributed by atoms with E-state index in [1.165, 1.54) is 0 Å². The predicted octanol–water partition coefficient (Wildman–Crippen LogP) is 4.74. The van der Waals surface area contributed by atoms with E-state index in [9.17, 15) is 0 Å². The van der Waals surface area contributed by atoms with Gasteiger partial charge in [0, 0.05) is 5.39 Å². The van der Waals surface area contributed by atoms with E-state index in [1.807, 2.05) is 43.3 Å². The molecular weight excluding hydrogens is 288 g/mol. The molecule has 3 aromatic carbocycles. The fourth-order valence-electron chi connectivity index (χ4n) is 2.72. The van der Waals surface area contributed by atoms with Gasteiger partial charge in [0.25, 0.3) is 0 Å². The number of methoxy groups -OCH3 is 2. The first kappa shape index (κ1) is 15.2. The molecule has 3 aromatic rings. The van der Waals surface area contributed by atoms with Crippen molar-refractivity contribution in [1.29, 1.82) is 0 Å². The fourth-order valence-corrected chi connectivity index (χ4v) is 2.72. The van der Waals surface area contributed by atoms with Gasteiger partial charge >= 0.3 is 0 Å². The lowest BCUT2D eigenvalue weighted by Gasteiger charge is -2.15. The lowest BCUT2D eigenvalue weighted by Crippen LogP contribution is -1.98. The normalized spacial score (nSPS) is 10.6. The molecule has 118 valence electrons. The van der Waals surface area contributed by atoms with E-state index in [2.05, 4.69) is 18.2 Å². The summed E-state index contributed by atoms with van der Waals surface area (Å²) in [6.45, 7) is 2.56. The second kappa shape index (κ2) is 6.61. The Morgan fingerprint density at radius 3 is 2.17 bits per heavy atom. The van der Waals surface area contributed by atoms with Gasteiger partial charge < -0.3 is 14.2 Å². The zero-order valence-corrected chi connectivity index (χ0v) is 13.6. The molecule has 0 aromatic heterocycles. The van der Waals surface area contributed by atoms with E-state index in [-0.39, 0.29) is 0 Å². The van der Waals surface area contributed by atoms with Crippen LogP contribution in [-0.4, -0.2) is 14.2 Å². The van der Waals surface area contributed by atoms with Crippen molar-refractivity contribution in [2.24, 2.45) is 0 Å². The van der Waals surface area contributed by atoms with Crippen LogP contribution in [0.25, 0.3) is 10.8 Å². The molecule has 0 aliphatic carbocycles. The van der Waals surface area contributed by atoms with E-state index in [0.717, 1.165) is 39.1 Å². The SMILES string of the molecule is COc1ccc(OC)c2c(OCc3ccccc3)cc(C)cc12. The van der Waals surface area contributed by atoms with Gasteiger partial charge in [0.05, 0.1) is 19.6 Å². The molecule has 0 saturated carbocycles. The molecule has 0 amide bonds. The van der Waals surface area contributed by atoms with Crippen LogP contribution in [0.2, 0.25) is 0 Å². The zero-order chi connectivity index (χ0) is 16.2. The first-order valence-corrected chi connectivity index (χ1v) is 7.55. The molecule has 0 N–H and O–H groups in total. The van der Waals surface area contributed by atoms with E-state index in [4.69, 9.17) is 14.2 Å². The van der Waals surface area contributed by atoms with Gasteiger partial charge in [-0.2, -0.15) is 0 Å². The monoisotopic (exact) mass is 308 g/mol. The summed E-state index contributed by atoms with van der Waals surface area (Å²) in [6, 6.07) is 18.1. The molecule has 0 bridgehead atoms. The van der Waals surface area contributed by atoms with Crippen molar-refractivity contribution in [1.82, 2.24) is 0 Å². The van der Waals surface area contributed by atoms with Crippen LogP contribution in [0, 0.1) is 6.92 Å². The van der Waals surface area contributed by atoms with Gasteiger partial charge in [-0.05, 0) is 42.3 Å². The van der Waals surface area contributed by atoms with Crippen LogP contribution in [-0.2, 0) is 6.61 Å². The van der Waals surface area contributed by atoms with Crippen molar-refractivity contribution in [2.45, 2.75) is 13.5 Å². The molecular formula is C20H20O3. The number of aryl methyl sites for hydroxylation is 1. The Morgan fingerprint density at radius 1 is 0.783 bits per heavy atom. The second-order valence-corrected chi connectivity index (χ2v) is 5.43. The highest BCUT2D eigenvalue weighted by Gasteiger charge is 2.13. The van der Waals surface area contributed by atoms with Gasteiger partial charge in [-0.15, -0.1) is 0 Å². The van der Waals surface area contributed by atoms with Crippen molar-refractivity contribution >= 4 is 10.8 Å². The first-order valence-electron chi connectivity index (χ1n) is 7.55. The zero-order valence-electron chi connectivity index (χ0n) is 13.6. The van der Waals surface area contributed by atoms with E-state index >= 15 is 0 Å². The highest BCUT2D eigenvalue weighted by molar-refractivity contribution is 5.98. The summed E-state index contributed by atoms with van der Waals surface area (Å²) < 4.78 is 17.1. The molecule has 0 aliphatic heterocycles. The molecule has 0 heterocycles. The number of benzene rings is 3. The van der Waals surface area contributed by atoms with Gasteiger partial charge in [0.15, 0.2) is 0 Å². The summed E-state index contributed by atoms with van der Waals surface area (Å²) in [4.78, 5) is 0. The van der Waals surface area contributed by atoms with Gasteiger partial charge in [-0.3, -0.25) is 0 Å². The third-order valence-corrected chi connectivity index (χ3v) is 3.82. The number of hydrogen-bond acceptors (Lipinski definition) is 3. The lowest BCUT2D eigenvalue weighted by molar-refractivity contribution is 0.308. The summed E-state index contributed by atoms with van der Waals surface area (Å²) in [6.07, 6.45) is 0. The highest BCUT2D eigenvalue weighted by Crippen LogP contribution is 2.40. The maximum absolute atomic E-state index is 6.09. The van der Waals surface area contributed by atoms with Gasteiger partial charge in [0.1, 0.15) is 23.9 Å². The number of ether oxygens (including phenoxy) is 3. The molecule has 0 saturated heterocycles. The predicted molar refractivity (Wildman–Crippen MR) is 92.6 cm³/mol. The van der Waals surface area contributed by atoms with Crippen LogP contribution in [0.4, 0.5) is 0 Å². The van der Waals surface area contributed by atoms with E-state index in [0.29, 0.717) is 6.61 Å². The summed E-state index contributed by atoms with van der Waals surface area (Å²) in [7, 11) is 3.34. The third kappa shape index (κ3) is 3.09. The van der Waals surface area contributed by atoms with Crippen molar-refractivity contribution < 1.29 is 14.2 Å².